The molecule has 1 aliphatic rings. The third-order valence-corrected chi connectivity index (χ3v) is 6.17. The van der Waals surface area contributed by atoms with E-state index in [-0.39, 0.29) is 12.3 Å². The van der Waals surface area contributed by atoms with E-state index in [9.17, 15) is 0 Å². The van der Waals surface area contributed by atoms with Crippen molar-refractivity contribution >= 4 is 34.6 Å². The average Bonchev–Trinajstić information content (AvgIpc) is 2.67. The van der Waals surface area contributed by atoms with Gasteiger partial charge in [-0.1, -0.05) is 77.1 Å². The molecule has 0 unspecified atom stereocenters. The minimum atomic E-state index is -0.684. The molecular weight excluding hydrogens is 351 g/mol. The molecule has 0 radical (unpaired) electrons. The number of aromatic nitrogens is 1. The zero-order chi connectivity index (χ0) is 21.8. The van der Waals surface area contributed by atoms with Crippen LogP contribution in [0.15, 0.2) is 60.8 Å². The number of rotatable bonds is 2. The van der Waals surface area contributed by atoms with Crippen molar-refractivity contribution < 1.29 is 5.94 Å². The molecule has 0 N–H and O–H groups in total. The number of fused-ring (bicyclic) bond motifs is 2. The molecule has 3 heteroatoms. The Balaban J connectivity index is 2.02. The van der Waals surface area contributed by atoms with Gasteiger partial charge >= 0.3 is 6.85 Å². The van der Waals surface area contributed by atoms with Gasteiger partial charge in [0.2, 0.25) is 0 Å². The van der Waals surface area contributed by atoms with Gasteiger partial charge in [-0.05, 0) is 40.8 Å². The van der Waals surface area contributed by atoms with Crippen molar-refractivity contribution in [2.75, 3.05) is 4.81 Å². The third kappa shape index (κ3) is 3.27. The second kappa shape index (κ2) is 7.05. The largest absolute Gasteiger partial charge is 0.409 e. The van der Waals surface area contributed by atoms with Crippen LogP contribution in [0.3, 0.4) is 0 Å². The fourth-order valence-electron chi connectivity index (χ4n) is 4.52. The summed E-state index contributed by atoms with van der Waals surface area (Å²) >= 11 is 0. The Morgan fingerprint density at radius 2 is 1.69 bits per heavy atom. The second-order valence-electron chi connectivity index (χ2n) is 9.46. The van der Waals surface area contributed by atoms with Crippen LogP contribution in [-0.2, 0) is 7.05 Å². The summed E-state index contributed by atoms with van der Waals surface area (Å²) in [5.41, 5.74) is 6.28. The smallest absolute Gasteiger partial charge is 0.293 e. The molecule has 29 heavy (non-hydrogen) atoms. The third-order valence-electron chi connectivity index (χ3n) is 6.17. The summed E-state index contributed by atoms with van der Waals surface area (Å²) in [7, 11) is 2.14. The van der Waals surface area contributed by atoms with E-state index < -0.39 is 5.89 Å². The van der Waals surface area contributed by atoms with Crippen LogP contribution in [0.4, 0.5) is 5.82 Å². The number of para-hydroxylation sites is 1. The van der Waals surface area contributed by atoms with E-state index in [1.807, 2.05) is 13.8 Å². The standard InChI is InChI=1S/C26H32BN2/c1-18(2)21-16-25(28(7)24-15-11-9-12-19(21)24)29-17-22(26(3,4)5)20-13-8-10-14-23(20)27(29)6/h8-18H,1-7H3/q+1/i18D. The Labute approximate surface area is 177 Å². The van der Waals surface area contributed by atoms with Gasteiger partial charge in [0.05, 0.1) is 13.2 Å². The van der Waals surface area contributed by atoms with E-state index >= 15 is 0 Å². The second-order valence-corrected chi connectivity index (χ2v) is 9.46. The van der Waals surface area contributed by atoms with E-state index in [1.54, 1.807) is 0 Å². The summed E-state index contributed by atoms with van der Waals surface area (Å²) < 4.78 is 11.1. The molecule has 0 spiro atoms. The number of hydrogen-bond donors (Lipinski definition) is 0. The first-order valence-electron chi connectivity index (χ1n) is 11.0. The molecule has 0 saturated carbocycles. The predicted molar refractivity (Wildman–Crippen MR) is 127 cm³/mol. The van der Waals surface area contributed by atoms with Gasteiger partial charge in [0.15, 0.2) is 0 Å². The quantitative estimate of drug-likeness (QED) is 0.417. The first-order valence-corrected chi connectivity index (χ1v) is 10.5. The fourth-order valence-corrected chi connectivity index (χ4v) is 4.52. The Morgan fingerprint density at radius 3 is 2.38 bits per heavy atom. The summed E-state index contributed by atoms with van der Waals surface area (Å²) in [4.78, 5) is 2.39. The van der Waals surface area contributed by atoms with Gasteiger partial charge in [-0.2, -0.15) is 0 Å². The molecule has 0 atom stereocenters. The van der Waals surface area contributed by atoms with Crippen molar-refractivity contribution in [1.29, 1.82) is 0 Å². The van der Waals surface area contributed by atoms with E-state index in [1.165, 1.54) is 16.6 Å². The first kappa shape index (κ1) is 18.5. The van der Waals surface area contributed by atoms with Gasteiger partial charge in [-0.15, -0.1) is 0 Å². The van der Waals surface area contributed by atoms with Crippen LogP contribution < -0.4 is 14.8 Å². The maximum Gasteiger partial charge on any atom is 0.409 e. The van der Waals surface area contributed by atoms with Crippen molar-refractivity contribution in [3.05, 3.63) is 71.9 Å². The van der Waals surface area contributed by atoms with Crippen molar-refractivity contribution in [3.8, 4) is 0 Å². The molecule has 148 valence electrons. The molecule has 2 nitrogen and oxygen atoms in total. The lowest BCUT2D eigenvalue weighted by Crippen LogP contribution is -2.52. The van der Waals surface area contributed by atoms with E-state index in [0.717, 1.165) is 22.3 Å². The Morgan fingerprint density at radius 1 is 1.03 bits per heavy atom. The predicted octanol–water partition coefficient (Wildman–Crippen LogP) is 5.52. The minimum Gasteiger partial charge on any atom is -0.293 e. The molecule has 1 aliphatic heterocycles. The monoisotopic (exact) mass is 384 g/mol. The molecule has 0 amide bonds. The van der Waals surface area contributed by atoms with Crippen LogP contribution in [0.5, 0.6) is 0 Å². The fraction of sp³-hybridized carbons (Fsp3) is 0.346. The number of nitrogens with zero attached hydrogens (tertiary/aromatic N) is 2. The zero-order valence-corrected chi connectivity index (χ0v) is 18.7. The zero-order valence-electron chi connectivity index (χ0n) is 19.7. The highest BCUT2D eigenvalue weighted by Crippen LogP contribution is 2.37. The lowest BCUT2D eigenvalue weighted by Gasteiger charge is -2.33. The number of pyridine rings is 1. The normalized spacial score (nSPS) is 15.3. The van der Waals surface area contributed by atoms with Gasteiger partial charge in [-0.3, -0.25) is 4.81 Å². The van der Waals surface area contributed by atoms with Crippen molar-refractivity contribution in [2.24, 2.45) is 12.5 Å². The van der Waals surface area contributed by atoms with E-state index in [4.69, 9.17) is 1.37 Å². The van der Waals surface area contributed by atoms with Crippen LogP contribution in [0, 0.1) is 5.41 Å². The van der Waals surface area contributed by atoms with Gasteiger partial charge in [0, 0.05) is 18.4 Å². The van der Waals surface area contributed by atoms with Crippen LogP contribution in [0.2, 0.25) is 6.82 Å². The molecular formula is C26H32BN2+. The summed E-state index contributed by atoms with van der Waals surface area (Å²) in [5, 5.41) is 1.15. The van der Waals surface area contributed by atoms with Gasteiger partial charge in [-0.25, -0.2) is 4.57 Å². The van der Waals surface area contributed by atoms with Crippen molar-refractivity contribution in [3.63, 3.8) is 0 Å². The molecule has 2 heterocycles. The molecule has 4 rings (SSSR count). The summed E-state index contributed by atoms with van der Waals surface area (Å²) in [6.45, 7) is 13.3. The topological polar surface area (TPSA) is 7.12 Å². The Bertz CT molecular complexity index is 1150. The lowest BCUT2D eigenvalue weighted by atomic mass is 9.52. The van der Waals surface area contributed by atoms with Crippen molar-refractivity contribution in [1.82, 2.24) is 0 Å². The first-order chi connectivity index (χ1) is 14.0. The van der Waals surface area contributed by atoms with E-state index in [0.29, 0.717) is 0 Å². The van der Waals surface area contributed by atoms with Gasteiger partial charge < -0.3 is 0 Å². The highest BCUT2D eigenvalue weighted by molar-refractivity contribution is 6.77. The number of hydrogen-bond acceptors (Lipinski definition) is 1. The molecule has 0 aliphatic carbocycles. The maximum absolute atomic E-state index is 8.80. The Hall–Kier alpha value is -2.55. The molecule has 3 aromatic rings. The molecule has 1 aromatic heterocycles. The lowest BCUT2D eigenvalue weighted by molar-refractivity contribution is -0.631. The number of allylic oxidation sites excluding steroid dienone is 1. The molecule has 2 aromatic carbocycles. The number of benzene rings is 2. The Kier molecular flexibility index (Phi) is 4.50. The average molecular weight is 384 g/mol. The van der Waals surface area contributed by atoms with Crippen LogP contribution in [0.25, 0.3) is 16.5 Å². The maximum atomic E-state index is 8.80. The van der Waals surface area contributed by atoms with Gasteiger partial charge in [0.1, 0.15) is 5.52 Å². The van der Waals surface area contributed by atoms with E-state index in [2.05, 4.69) is 105 Å². The summed E-state index contributed by atoms with van der Waals surface area (Å²) in [5.74, 6) is 0.434. The summed E-state index contributed by atoms with van der Waals surface area (Å²) in [6, 6.07) is 19.4. The SMILES string of the molecule is [2H]C(C)(C)c1cc(N2C=C(C(C)(C)C)c3ccccc3B2C)[n+](C)c2ccccc12. The van der Waals surface area contributed by atoms with Crippen LogP contribution >= 0.6 is 0 Å². The van der Waals surface area contributed by atoms with Crippen LogP contribution in [-0.4, -0.2) is 6.85 Å². The number of anilines is 1. The van der Waals surface area contributed by atoms with Crippen LogP contribution in [0.1, 0.15) is 53.0 Å². The minimum absolute atomic E-state index is 0.0292. The molecule has 0 fully saturated rings. The molecule has 0 saturated heterocycles. The molecule has 0 bridgehead atoms. The van der Waals surface area contributed by atoms with Gasteiger partial charge in [0.25, 0.3) is 5.82 Å². The highest BCUT2D eigenvalue weighted by atomic mass is 15.2. The summed E-state index contributed by atoms with van der Waals surface area (Å²) in [6.07, 6.45) is 2.33. The number of aryl methyl sites for hydroxylation is 1. The van der Waals surface area contributed by atoms with Crippen molar-refractivity contribution in [2.45, 2.75) is 47.3 Å². The highest BCUT2D eigenvalue weighted by Gasteiger charge is 2.39.